The van der Waals surface area contributed by atoms with Crippen LogP contribution in [0.1, 0.15) is 66.2 Å². The zero-order valence-electron chi connectivity index (χ0n) is 28.3. The van der Waals surface area contributed by atoms with Crippen molar-refractivity contribution in [2.75, 3.05) is 40.9 Å². The fourth-order valence-electron chi connectivity index (χ4n) is 5.37. The molecule has 0 N–H and O–H groups in total. The molecule has 0 bridgehead atoms. The van der Waals surface area contributed by atoms with Gasteiger partial charge in [0, 0.05) is 36.8 Å². The third-order valence-corrected chi connectivity index (χ3v) is 8.23. The highest BCUT2D eigenvalue weighted by Gasteiger charge is 2.24. The molecule has 1 aliphatic carbocycles. The number of hydrogen-bond acceptors (Lipinski definition) is 6. The molecule has 0 radical (unpaired) electrons. The van der Waals surface area contributed by atoms with Crippen LogP contribution in [-0.4, -0.2) is 74.3 Å². The number of rotatable bonds is 10. The lowest BCUT2D eigenvalue weighted by Gasteiger charge is -2.26. The Kier molecular flexibility index (Phi) is 12.4. The molecule has 1 aliphatic rings. The van der Waals surface area contributed by atoms with E-state index in [0.717, 1.165) is 52.7 Å². The van der Waals surface area contributed by atoms with Gasteiger partial charge >= 0.3 is 12.1 Å². The number of fused-ring (bicyclic) bond motifs is 1. The summed E-state index contributed by atoms with van der Waals surface area (Å²) in [5.41, 5.74) is 5.88. The summed E-state index contributed by atoms with van der Waals surface area (Å²) in [7, 11) is 4.71. The van der Waals surface area contributed by atoms with E-state index in [1.165, 1.54) is 23.0 Å². The summed E-state index contributed by atoms with van der Waals surface area (Å²) in [6, 6.07) is 19.0. The molecule has 254 valence electrons. The van der Waals surface area contributed by atoms with Gasteiger partial charge in [0.15, 0.2) is 0 Å². The maximum absolute atomic E-state index is 12.9. The highest BCUT2D eigenvalue weighted by Crippen LogP contribution is 2.42. The highest BCUT2D eigenvalue weighted by molar-refractivity contribution is 6.36. The van der Waals surface area contributed by atoms with Crippen LogP contribution in [-0.2, 0) is 20.7 Å². The van der Waals surface area contributed by atoms with E-state index in [-0.39, 0.29) is 31.6 Å². The largest absolute Gasteiger partial charge is 0.492 e. The van der Waals surface area contributed by atoms with Crippen LogP contribution in [0, 0.1) is 0 Å². The van der Waals surface area contributed by atoms with Gasteiger partial charge in [0.25, 0.3) is 0 Å². The molecule has 48 heavy (non-hydrogen) atoms. The zero-order chi connectivity index (χ0) is 35.0. The van der Waals surface area contributed by atoms with Gasteiger partial charge in [-0.15, -0.1) is 0 Å². The first-order valence-electron chi connectivity index (χ1n) is 15.8. The van der Waals surface area contributed by atoms with E-state index >= 15 is 0 Å². The minimum absolute atomic E-state index is 0.174. The quantitative estimate of drug-likeness (QED) is 0.157. The normalized spacial score (nSPS) is 13.1. The predicted molar refractivity (Wildman–Crippen MR) is 191 cm³/mol. The molecular weight excluding hydrogens is 651 g/mol. The third-order valence-electron chi connectivity index (χ3n) is 7.68. The number of likely N-dealkylation sites (N-methyl/N-ethyl adjacent to an activating group) is 1. The van der Waals surface area contributed by atoms with Gasteiger partial charge in [0.05, 0.1) is 19.2 Å². The number of ether oxygens (including phenoxy) is 3. The van der Waals surface area contributed by atoms with Gasteiger partial charge in [-0.3, -0.25) is 4.79 Å². The van der Waals surface area contributed by atoms with Gasteiger partial charge < -0.3 is 24.0 Å². The van der Waals surface area contributed by atoms with Crippen molar-refractivity contribution in [3.05, 3.63) is 111 Å². The van der Waals surface area contributed by atoms with Gasteiger partial charge in [-0.1, -0.05) is 53.5 Å². The molecule has 0 saturated heterocycles. The summed E-state index contributed by atoms with van der Waals surface area (Å²) >= 11 is 13.0. The molecule has 0 aliphatic heterocycles. The van der Waals surface area contributed by atoms with Gasteiger partial charge in [-0.05, 0) is 110 Å². The molecule has 2 amide bonds. The first-order valence-corrected chi connectivity index (χ1v) is 16.5. The number of benzene rings is 3. The average Bonchev–Trinajstić information content (AvgIpc) is 3.22. The van der Waals surface area contributed by atoms with E-state index in [0.29, 0.717) is 21.4 Å². The van der Waals surface area contributed by atoms with Crippen molar-refractivity contribution in [3.8, 4) is 5.75 Å². The average molecular weight is 694 g/mol. The van der Waals surface area contributed by atoms with Crippen LogP contribution >= 0.6 is 23.2 Å². The van der Waals surface area contributed by atoms with Crippen molar-refractivity contribution < 1.29 is 28.6 Å². The van der Waals surface area contributed by atoms with E-state index in [9.17, 15) is 14.4 Å². The number of nitrogens with zero attached hydrogens (tertiary/aromatic N) is 2. The molecule has 3 aromatic carbocycles. The van der Waals surface area contributed by atoms with Crippen molar-refractivity contribution >= 4 is 52.3 Å². The van der Waals surface area contributed by atoms with Crippen LogP contribution < -0.4 is 4.74 Å². The second-order valence-corrected chi connectivity index (χ2v) is 13.5. The van der Waals surface area contributed by atoms with Crippen molar-refractivity contribution in [1.29, 1.82) is 0 Å². The Morgan fingerprint density at radius 3 is 2.27 bits per heavy atom. The van der Waals surface area contributed by atoms with E-state index < -0.39 is 11.7 Å². The molecule has 10 heteroatoms. The van der Waals surface area contributed by atoms with Crippen molar-refractivity contribution in [3.63, 3.8) is 0 Å². The number of allylic oxidation sites excluding steroid dienone is 1. The Hall–Kier alpha value is -4.27. The first kappa shape index (κ1) is 36.6. The van der Waals surface area contributed by atoms with Crippen LogP contribution in [0.3, 0.4) is 0 Å². The predicted octanol–water partition coefficient (Wildman–Crippen LogP) is 8.34. The standard InChI is InChI=1S/C38H42Cl2N2O6/c1-38(2,3)48-37(45)42(20-8-11-34(43)41(4)5)21-22-47-29-16-12-25(13-17-29)35-30-18-14-27(36(44)46-6)23-26(30)9-7-10-32(35)31-19-15-28(39)24-33(31)40/h8,11-19,23-24H,7,9-10,20-22H2,1-6H3/b11-8+. The molecule has 0 aromatic heterocycles. The Balaban J connectivity index is 1.61. The van der Waals surface area contributed by atoms with E-state index in [1.807, 2.05) is 48.5 Å². The molecule has 0 fully saturated rings. The van der Waals surface area contributed by atoms with Crippen molar-refractivity contribution in [1.82, 2.24) is 9.80 Å². The summed E-state index contributed by atoms with van der Waals surface area (Å²) in [6.07, 6.45) is 4.99. The monoisotopic (exact) mass is 692 g/mol. The molecule has 0 unspecified atom stereocenters. The van der Waals surface area contributed by atoms with Gasteiger partial charge in [0.1, 0.15) is 18.0 Å². The zero-order valence-corrected chi connectivity index (χ0v) is 29.8. The molecular formula is C38H42Cl2N2O6. The number of amides is 2. The summed E-state index contributed by atoms with van der Waals surface area (Å²) < 4.78 is 16.6. The molecule has 0 saturated carbocycles. The lowest BCUT2D eigenvalue weighted by molar-refractivity contribution is -0.123. The number of halogens is 2. The smallest absolute Gasteiger partial charge is 0.410 e. The van der Waals surface area contributed by atoms with Crippen molar-refractivity contribution in [2.45, 2.75) is 45.6 Å². The van der Waals surface area contributed by atoms with Crippen LogP contribution in [0.4, 0.5) is 4.79 Å². The van der Waals surface area contributed by atoms with Gasteiger partial charge in [-0.2, -0.15) is 0 Å². The minimum atomic E-state index is -0.670. The van der Waals surface area contributed by atoms with Gasteiger partial charge in [0.2, 0.25) is 5.91 Å². The summed E-state index contributed by atoms with van der Waals surface area (Å²) in [4.78, 5) is 40.2. The van der Waals surface area contributed by atoms with E-state index in [2.05, 4.69) is 0 Å². The third kappa shape index (κ3) is 9.64. The second-order valence-electron chi connectivity index (χ2n) is 12.6. The Morgan fingerprint density at radius 1 is 0.917 bits per heavy atom. The Morgan fingerprint density at radius 2 is 1.62 bits per heavy atom. The fraction of sp³-hybridized carbons (Fsp3) is 0.342. The minimum Gasteiger partial charge on any atom is -0.492 e. The van der Waals surface area contributed by atoms with Crippen molar-refractivity contribution in [2.24, 2.45) is 0 Å². The number of hydrogen-bond donors (Lipinski definition) is 0. The first-order chi connectivity index (χ1) is 22.8. The van der Waals surface area contributed by atoms with Crippen LogP contribution in [0.2, 0.25) is 10.0 Å². The lowest BCUT2D eigenvalue weighted by atomic mass is 9.87. The molecule has 4 rings (SSSR count). The SMILES string of the molecule is COC(=O)c1ccc2c(c1)CCCC(c1ccc(Cl)cc1Cl)=C2c1ccc(OCCN(C/C=C/C(=O)N(C)C)C(=O)OC(C)(C)C)cc1. The number of methoxy groups -OCH3 is 1. The van der Waals surface area contributed by atoms with E-state index in [1.54, 1.807) is 53.1 Å². The number of esters is 1. The fourth-order valence-corrected chi connectivity index (χ4v) is 5.89. The Labute approximate surface area is 292 Å². The van der Waals surface area contributed by atoms with E-state index in [4.69, 9.17) is 37.4 Å². The second kappa shape index (κ2) is 16.2. The number of aryl methyl sites for hydroxylation is 1. The van der Waals surface area contributed by atoms with Crippen LogP contribution in [0.5, 0.6) is 5.75 Å². The highest BCUT2D eigenvalue weighted by atomic mass is 35.5. The molecule has 0 atom stereocenters. The van der Waals surface area contributed by atoms with Crippen LogP contribution in [0.15, 0.2) is 72.8 Å². The Bertz CT molecular complexity index is 1710. The number of carbonyl (C=O) groups is 3. The molecule has 0 heterocycles. The summed E-state index contributed by atoms with van der Waals surface area (Å²) in [5, 5.41) is 1.13. The van der Waals surface area contributed by atoms with Crippen LogP contribution in [0.25, 0.3) is 11.1 Å². The number of carbonyl (C=O) groups excluding carboxylic acids is 3. The maximum atomic E-state index is 12.9. The molecule has 3 aromatic rings. The summed E-state index contributed by atoms with van der Waals surface area (Å²) in [6.45, 7) is 6.06. The summed E-state index contributed by atoms with van der Waals surface area (Å²) in [5.74, 6) is 0.0772. The topological polar surface area (TPSA) is 85.4 Å². The molecule has 0 spiro atoms. The molecule has 8 nitrogen and oxygen atoms in total. The van der Waals surface area contributed by atoms with Gasteiger partial charge in [-0.25, -0.2) is 9.59 Å². The lowest BCUT2D eigenvalue weighted by Crippen LogP contribution is -2.39. The maximum Gasteiger partial charge on any atom is 0.410 e.